The van der Waals surface area contributed by atoms with E-state index in [9.17, 15) is 4.79 Å². The van der Waals surface area contributed by atoms with Gasteiger partial charge in [-0.05, 0) is 43.8 Å². The Labute approximate surface area is 131 Å². The van der Waals surface area contributed by atoms with Gasteiger partial charge in [-0.15, -0.1) is 11.3 Å². The molecule has 5 heteroatoms. The third-order valence-electron chi connectivity index (χ3n) is 3.21. The molecule has 0 amide bonds. The van der Waals surface area contributed by atoms with E-state index < -0.39 is 12.0 Å². The smallest absolute Gasteiger partial charge is 0.320 e. The van der Waals surface area contributed by atoms with Gasteiger partial charge in [-0.3, -0.25) is 9.69 Å². The molecule has 0 radical (unpaired) electrons. The maximum atomic E-state index is 10.9. The van der Waals surface area contributed by atoms with E-state index in [2.05, 4.69) is 40.2 Å². The summed E-state index contributed by atoms with van der Waals surface area (Å²) in [4.78, 5) is 15.1. The predicted molar refractivity (Wildman–Crippen MR) is 86.0 cm³/mol. The van der Waals surface area contributed by atoms with Gasteiger partial charge < -0.3 is 5.11 Å². The maximum Gasteiger partial charge on any atom is 0.320 e. The standard InChI is InChI=1S/C15H16BrNO2S/c1-10(15(18)19)17(2)9-13-7-8-14(20-13)11-3-5-12(16)6-4-11/h3-8,10H,9H2,1-2H3,(H,18,19). The van der Waals surface area contributed by atoms with E-state index in [-0.39, 0.29) is 0 Å². The summed E-state index contributed by atoms with van der Waals surface area (Å²) < 4.78 is 1.06. The molecule has 0 aliphatic heterocycles. The SMILES string of the molecule is CC(C(=O)O)N(C)Cc1ccc(-c2ccc(Br)cc2)s1. The van der Waals surface area contributed by atoms with Gasteiger partial charge >= 0.3 is 5.97 Å². The zero-order chi connectivity index (χ0) is 14.7. The second-order valence-electron chi connectivity index (χ2n) is 4.70. The lowest BCUT2D eigenvalue weighted by Gasteiger charge is -2.19. The molecule has 106 valence electrons. The van der Waals surface area contributed by atoms with Crippen LogP contribution in [0.15, 0.2) is 40.9 Å². The second kappa shape index (κ2) is 6.52. The number of hydrogen-bond acceptors (Lipinski definition) is 3. The van der Waals surface area contributed by atoms with E-state index in [0.29, 0.717) is 6.54 Å². The molecule has 1 unspecified atom stereocenters. The first-order valence-electron chi connectivity index (χ1n) is 6.25. The van der Waals surface area contributed by atoms with Crippen LogP contribution in [0.3, 0.4) is 0 Å². The molecule has 3 nitrogen and oxygen atoms in total. The summed E-state index contributed by atoms with van der Waals surface area (Å²) in [5.41, 5.74) is 1.18. The van der Waals surface area contributed by atoms with Crippen LogP contribution < -0.4 is 0 Å². The lowest BCUT2D eigenvalue weighted by Crippen LogP contribution is -2.34. The Bertz CT molecular complexity index is 594. The first kappa shape index (κ1) is 15.2. The van der Waals surface area contributed by atoms with Gasteiger partial charge in [0, 0.05) is 20.8 Å². The molecule has 0 saturated heterocycles. The molecule has 0 aliphatic rings. The van der Waals surface area contributed by atoms with Crippen molar-refractivity contribution in [1.82, 2.24) is 4.90 Å². The highest BCUT2D eigenvalue weighted by Gasteiger charge is 2.17. The fourth-order valence-electron chi connectivity index (χ4n) is 1.80. The average Bonchev–Trinajstić information content (AvgIpc) is 2.87. The van der Waals surface area contributed by atoms with Crippen LogP contribution in [-0.4, -0.2) is 29.1 Å². The van der Waals surface area contributed by atoms with Gasteiger partial charge in [0.15, 0.2) is 0 Å². The molecule has 1 aromatic carbocycles. The van der Waals surface area contributed by atoms with Crippen molar-refractivity contribution in [1.29, 1.82) is 0 Å². The number of carboxylic acids is 1. The number of carboxylic acid groups (broad SMARTS) is 1. The summed E-state index contributed by atoms with van der Waals surface area (Å²) in [7, 11) is 1.83. The molecular weight excluding hydrogens is 338 g/mol. The minimum Gasteiger partial charge on any atom is -0.480 e. The van der Waals surface area contributed by atoms with Crippen LogP contribution in [0, 0.1) is 0 Å². The minimum atomic E-state index is -0.794. The number of carbonyl (C=O) groups is 1. The molecule has 0 fully saturated rings. The highest BCUT2D eigenvalue weighted by atomic mass is 79.9. The highest BCUT2D eigenvalue weighted by Crippen LogP contribution is 2.29. The summed E-state index contributed by atoms with van der Waals surface area (Å²) in [6.45, 7) is 2.35. The first-order valence-corrected chi connectivity index (χ1v) is 7.86. The average molecular weight is 354 g/mol. The Morgan fingerprint density at radius 2 is 1.95 bits per heavy atom. The zero-order valence-corrected chi connectivity index (χ0v) is 13.7. The van der Waals surface area contributed by atoms with Crippen LogP contribution in [0.1, 0.15) is 11.8 Å². The van der Waals surface area contributed by atoms with Crippen molar-refractivity contribution in [2.75, 3.05) is 7.05 Å². The molecule has 0 bridgehead atoms. The van der Waals surface area contributed by atoms with Gasteiger partial charge in [-0.25, -0.2) is 0 Å². The second-order valence-corrected chi connectivity index (χ2v) is 6.79. The number of aliphatic carboxylic acids is 1. The number of nitrogens with zero attached hydrogens (tertiary/aromatic N) is 1. The molecule has 0 spiro atoms. The predicted octanol–water partition coefficient (Wildman–Crippen LogP) is 4.08. The Morgan fingerprint density at radius 1 is 1.30 bits per heavy atom. The molecule has 1 atom stereocenters. The van der Waals surface area contributed by atoms with Crippen molar-refractivity contribution in [2.45, 2.75) is 19.5 Å². The van der Waals surface area contributed by atoms with Crippen molar-refractivity contribution in [3.8, 4) is 10.4 Å². The Morgan fingerprint density at radius 3 is 2.55 bits per heavy atom. The molecule has 0 aliphatic carbocycles. The maximum absolute atomic E-state index is 10.9. The van der Waals surface area contributed by atoms with Gasteiger partial charge in [-0.1, -0.05) is 28.1 Å². The molecule has 2 aromatic rings. The largest absolute Gasteiger partial charge is 0.480 e. The van der Waals surface area contributed by atoms with Crippen LogP contribution in [0.5, 0.6) is 0 Å². The number of likely N-dealkylation sites (N-methyl/N-ethyl adjacent to an activating group) is 1. The molecule has 1 aromatic heterocycles. The van der Waals surface area contributed by atoms with Crippen LogP contribution >= 0.6 is 27.3 Å². The quantitative estimate of drug-likeness (QED) is 0.880. The van der Waals surface area contributed by atoms with E-state index in [1.165, 1.54) is 15.3 Å². The summed E-state index contributed by atoms with van der Waals surface area (Å²) in [5, 5.41) is 9.00. The number of rotatable bonds is 5. The number of hydrogen-bond donors (Lipinski definition) is 1. The lowest BCUT2D eigenvalue weighted by molar-refractivity contribution is -0.142. The summed E-state index contributed by atoms with van der Waals surface area (Å²) in [5.74, 6) is -0.794. The molecule has 20 heavy (non-hydrogen) atoms. The lowest BCUT2D eigenvalue weighted by atomic mass is 10.2. The highest BCUT2D eigenvalue weighted by molar-refractivity contribution is 9.10. The van der Waals surface area contributed by atoms with Crippen LogP contribution in [0.4, 0.5) is 0 Å². The summed E-state index contributed by atoms with van der Waals surface area (Å²) in [6, 6.07) is 11.9. The number of thiophene rings is 1. The third-order valence-corrected chi connectivity index (χ3v) is 4.86. The van der Waals surface area contributed by atoms with Crippen LogP contribution in [0.25, 0.3) is 10.4 Å². The molecular formula is C15H16BrNO2S. The monoisotopic (exact) mass is 353 g/mol. The van der Waals surface area contributed by atoms with Crippen molar-refractivity contribution in [2.24, 2.45) is 0 Å². The van der Waals surface area contributed by atoms with Crippen molar-refractivity contribution in [3.63, 3.8) is 0 Å². The van der Waals surface area contributed by atoms with E-state index in [1.807, 2.05) is 24.1 Å². The summed E-state index contributed by atoms with van der Waals surface area (Å²) >= 11 is 5.13. The summed E-state index contributed by atoms with van der Waals surface area (Å²) in [6.07, 6.45) is 0. The Hall–Kier alpha value is -1.17. The fraction of sp³-hybridized carbons (Fsp3) is 0.267. The van der Waals surface area contributed by atoms with Crippen LogP contribution in [0.2, 0.25) is 0 Å². The number of halogens is 1. The van der Waals surface area contributed by atoms with E-state index in [0.717, 1.165) is 4.47 Å². The van der Waals surface area contributed by atoms with Gasteiger partial charge in [-0.2, -0.15) is 0 Å². The van der Waals surface area contributed by atoms with E-state index in [1.54, 1.807) is 18.3 Å². The topological polar surface area (TPSA) is 40.5 Å². The third kappa shape index (κ3) is 3.69. The van der Waals surface area contributed by atoms with Gasteiger partial charge in [0.05, 0.1) is 0 Å². The Balaban J connectivity index is 2.09. The van der Waals surface area contributed by atoms with Crippen molar-refractivity contribution >= 4 is 33.2 Å². The Kier molecular flexibility index (Phi) is 4.96. The van der Waals surface area contributed by atoms with Crippen molar-refractivity contribution < 1.29 is 9.90 Å². The normalized spacial score (nSPS) is 12.6. The molecule has 0 saturated carbocycles. The number of benzene rings is 1. The zero-order valence-electron chi connectivity index (χ0n) is 11.3. The molecule has 1 N–H and O–H groups in total. The molecule has 2 rings (SSSR count). The van der Waals surface area contributed by atoms with Crippen LogP contribution in [-0.2, 0) is 11.3 Å². The van der Waals surface area contributed by atoms with E-state index in [4.69, 9.17) is 5.11 Å². The van der Waals surface area contributed by atoms with E-state index >= 15 is 0 Å². The fourth-order valence-corrected chi connectivity index (χ4v) is 3.14. The van der Waals surface area contributed by atoms with Gasteiger partial charge in [0.1, 0.15) is 6.04 Å². The van der Waals surface area contributed by atoms with Gasteiger partial charge in [0.2, 0.25) is 0 Å². The minimum absolute atomic E-state index is 0.478. The first-order chi connectivity index (χ1) is 9.47. The molecule has 1 heterocycles. The van der Waals surface area contributed by atoms with Crippen molar-refractivity contribution in [3.05, 3.63) is 45.7 Å². The van der Waals surface area contributed by atoms with Gasteiger partial charge in [0.25, 0.3) is 0 Å².